The maximum Gasteiger partial charge on any atom is 0.407 e. The van der Waals surface area contributed by atoms with Crippen molar-refractivity contribution < 1.29 is 19.1 Å². The van der Waals surface area contributed by atoms with Crippen LogP contribution in [0.4, 0.5) is 9.59 Å². The van der Waals surface area contributed by atoms with Crippen LogP contribution in [0.25, 0.3) is 0 Å². The van der Waals surface area contributed by atoms with E-state index in [9.17, 15) is 9.59 Å². The van der Waals surface area contributed by atoms with Gasteiger partial charge in [0, 0.05) is 24.6 Å². The van der Waals surface area contributed by atoms with Crippen molar-refractivity contribution >= 4 is 33.8 Å². The zero-order chi connectivity index (χ0) is 30.0. The lowest BCUT2D eigenvalue weighted by Gasteiger charge is -2.19. The number of carbonyl (C=O) groups is 2. The van der Waals surface area contributed by atoms with Gasteiger partial charge in [-0.05, 0) is 67.2 Å². The van der Waals surface area contributed by atoms with Gasteiger partial charge in [-0.25, -0.2) is 9.59 Å². The largest absolute Gasteiger partial charge is 0.444 e. The molecule has 0 unspecified atom stereocenters. The van der Waals surface area contributed by atoms with Crippen molar-refractivity contribution in [2.75, 3.05) is 24.6 Å². The van der Waals surface area contributed by atoms with Crippen LogP contribution in [0, 0.1) is 0 Å². The van der Waals surface area contributed by atoms with Crippen molar-refractivity contribution in [1.29, 1.82) is 0 Å². The Bertz CT molecular complexity index is 555. The molecule has 0 spiro atoms. The molecular formula is C32H64N2O4S2. The number of rotatable bonds is 25. The van der Waals surface area contributed by atoms with Crippen LogP contribution in [0.5, 0.6) is 0 Å². The lowest BCUT2D eigenvalue weighted by atomic mass is 10.1. The number of ether oxygens (including phenoxy) is 2. The van der Waals surface area contributed by atoms with Gasteiger partial charge in [0.1, 0.15) is 11.2 Å². The Morgan fingerprint density at radius 2 is 0.700 bits per heavy atom. The molecular weight excluding hydrogens is 540 g/mol. The fourth-order valence-electron chi connectivity index (χ4n) is 4.17. The summed E-state index contributed by atoms with van der Waals surface area (Å²) in [6, 6.07) is 0. The molecule has 0 aromatic carbocycles. The molecule has 0 saturated heterocycles. The van der Waals surface area contributed by atoms with E-state index in [1.165, 1.54) is 114 Å². The molecule has 8 heteroatoms. The number of alkyl carbamates (subject to hydrolysis) is 2. The quantitative estimate of drug-likeness (QED) is 0.0797. The van der Waals surface area contributed by atoms with Crippen molar-refractivity contribution in [2.24, 2.45) is 0 Å². The molecule has 0 aliphatic carbocycles. The second-order valence-corrected chi connectivity index (χ2v) is 15.6. The van der Waals surface area contributed by atoms with Crippen LogP contribution >= 0.6 is 21.6 Å². The summed E-state index contributed by atoms with van der Waals surface area (Å²) in [5.41, 5.74) is -0.840. The fourth-order valence-corrected chi connectivity index (χ4v) is 6.47. The normalized spacial score (nSPS) is 11.8. The number of carbonyl (C=O) groups excluding carboxylic acids is 2. The molecule has 0 bridgehead atoms. The maximum atomic E-state index is 11.6. The zero-order valence-corrected chi connectivity index (χ0v) is 28.6. The number of hydrogen-bond acceptors (Lipinski definition) is 6. The predicted octanol–water partition coefficient (Wildman–Crippen LogP) is 10.4. The van der Waals surface area contributed by atoms with Crippen molar-refractivity contribution in [1.82, 2.24) is 10.6 Å². The fraction of sp³-hybridized carbons (Fsp3) is 0.938. The van der Waals surface area contributed by atoms with Crippen LogP contribution in [-0.2, 0) is 9.47 Å². The molecule has 40 heavy (non-hydrogen) atoms. The van der Waals surface area contributed by atoms with E-state index < -0.39 is 11.2 Å². The van der Waals surface area contributed by atoms with Crippen LogP contribution in [0.3, 0.4) is 0 Å². The molecule has 0 saturated carbocycles. The van der Waals surface area contributed by atoms with E-state index >= 15 is 0 Å². The lowest BCUT2D eigenvalue weighted by molar-refractivity contribution is 0.0515. The minimum Gasteiger partial charge on any atom is -0.444 e. The smallest absolute Gasteiger partial charge is 0.407 e. The Balaban J connectivity index is 3.17. The third-order valence-electron chi connectivity index (χ3n) is 6.23. The summed E-state index contributed by atoms with van der Waals surface area (Å²) in [6.07, 6.45) is 22.6. The molecule has 0 heterocycles. The van der Waals surface area contributed by atoms with Crippen LogP contribution in [0.1, 0.15) is 157 Å². The summed E-state index contributed by atoms with van der Waals surface area (Å²) < 4.78 is 10.5. The first-order valence-electron chi connectivity index (χ1n) is 16.2. The third-order valence-corrected chi connectivity index (χ3v) is 8.81. The molecule has 0 atom stereocenters. The molecule has 6 nitrogen and oxygen atoms in total. The van der Waals surface area contributed by atoms with E-state index in [2.05, 4.69) is 32.2 Å². The Labute approximate surface area is 255 Å². The molecule has 2 amide bonds. The molecule has 238 valence electrons. The number of hydrogen-bond donors (Lipinski definition) is 2. The number of unbranched alkanes of at least 4 members (excludes halogenated alkanes) is 16. The Morgan fingerprint density at radius 1 is 0.450 bits per heavy atom. The zero-order valence-electron chi connectivity index (χ0n) is 27.0. The van der Waals surface area contributed by atoms with Gasteiger partial charge in [0.25, 0.3) is 0 Å². The van der Waals surface area contributed by atoms with Gasteiger partial charge < -0.3 is 20.1 Å². The highest BCUT2D eigenvalue weighted by Crippen LogP contribution is 2.25. The molecule has 0 radical (unpaired) electrons. The van der Waals surface area contributed by atoms with Crippen LogP contribution < -0.4 is 10.6 Å². The van der Waals surface area contributed by atoms with Gasteiger partial charge in [-0.2, -0.15) is 0 Å². The van der Waals surface area contributed by atoms with E-state index in [1.807, 2.05) is 41.5 Å². The van der Waals surface area contributed by atoms with E-state index in [0.717, 1.165) is 12.8 Å². The van der Waals surface area contributed by atoms with Crippen molar-refractivity contribution in [3.05, 3.63) is 0 Å². The lowest BCUT2D eigenvalue weighted by Crippen LogP contribution is -2.32. The monoisotopic (exact) mass is 604 g/mol. The summed E-state index contributed by atoms with van der Waals surface area (Å²) in [4.78, 5) is 23.2. The SMILES string of the molecule is CC(C)(C)OC(=O)NCCCCCCCCCCCSSCCCCCCCCCCCNC(=O)OC(C)(C)C. The highest BCUT2D eigenvalue weighted by atomic mass is 33.1. The second kappa shape index (κ2) is 25.9. The molecule has 2 N–H and O–H groups in total. The molecule has 0 aliphatic rings. The first-order chi connectivity index (χ1) is 19.0. The summed E-state index contributed by atoms with van der Waals surface area (Å²) in [7, 11) is 4.13. The van der Waals surface area contributed by atoms with Gasteiger partial charge in [0.05, 0.1) is 0 Å². The van der Waals surface area contributed by atoms with Gasteiger partial charge in [-0.1, -0.05) is 111 Å². The first kappa shape index (κ1) is 39.2. The van der Waals surface area contributed by atoms with Crippen LogP contribution in [0.2, 0.25) is 0 Å². The van der Waals surface area contributed by atoms with Crippen LogP contribution in [0.15, 0.2) is 0 Å². The van der Waals surface area contributed by atoms with Gasteiger partial charge in [0.2, 0.25) is 0 Å². The summed E-state index contributed by atoms with van der Waals surface area (Å²) in [5, 5.41) is 5.67. The third kappa shape index (κ3) is 33.4. The average Bonchev–Trinajstić information content (AvgIpc) is 2.84. The minimum atomic E-state index is -0.420. The Hall–Kier alpha value is -0.760. The Kier molecular flexibility index (Phi) is 25.4. The van der Waals surface area contributed by atoms with Crippen LogP contribution in [-0.4, -0.2) is 48.0 Å². The van der Waals surface area contributed by atoms with E-state index in [-0.39, 0.29) is 12.2 Å². The highest BCUT2D eigenvalue weighted by molar-refractivity contribution is 8.76. The topological polar surface area (TPSA) is 76.7 Å². The standard InChI is InChI=1S/C32H64N2O4S2/c1-31(2,3)37-29(35)33-25-21-17-13-9-7-11-15-19-23-27-39-40-28-24-20-16-12-8-10-14-18-22-26-34-30(36)38-32(4,5)6/h7-28H2,1-6H3,(H,33,35)(H,34,36). The number of amides is 2. The first-order valence-corrected chi connectivity index (χ1v) is 18.7. The van der Waals surface area contributed by atoms with Gasteiger partial charge in [0.15, 0.2) is 0 Å². The van der Waals surface area contributed by atoms with Gasteiger partial charge in [-0.3, -0.25) is 0 Å². The second-order valence-electron chi connectivity index (χ2n) is 12.9. The summed E-state index contributed by atoms with van der Waals surface area (Å²) in [5.74, 6) is 2.59. The van der Waals surface area contributed by atoms with Crippen molar-refractivity contribution in [2.45, 2.75) is 168 Å². The van der Waals surface area contributed by atoms with Crippen molar-refractivity contribution in [3.8, 4) is 0 Å². The van der Waals surface area contributed by atoms with Gasteiger partial charge >= 0.3 is 12.2 Å². The van der Waals surface area contributed by atoms with E-state index in [4.69, 9.17) is 9.47 Å². The predicted molar refractivity (Wildman–Crippen MR) is 176 cm³/mol. The summed E-state index contributed by atoms with van der Waals surface area (Å²) >= 11 is 0. The highest BCUT2D eigenvalue weighted by Gasteiger charge is 2.16. The molecule has 0 aromatic rings. The summed E-state index contributed by atoms with van der Waals surface area (Å²) in [6.45, 7) is 12.8. The average molecular weight is 605 g/mol. The molecule has 0 aromatic heterocycles. The Morgan fingerprint density at radius 3 is 0.975 bits per heavy atom. The number of nitrogens with one attached hydrogen (secondary N) is 2. The van der Waals surface area contributed by atoms with Gasteiger partial charge in [-0.15, -0.1) is 0 Å². The molecule has 0 aliphatic heterocycles. The van der Waals surface area contributed by atoms with E-state index in [0.29, 0.717) is 13.1 Å². The minimum absolute atomic E-state index is 0.303. The van der Waals surface area contributed by atoms with Crippen molar-refractivity contribution in [3.63, 3.8) is 0 Å². The maximum absolute atomic E-state index is 11.6. The van der Waals surface area contributed by atoms with E-state index in [1.54, 1.807) is 0 Å². The molecule has 0 fully saturated rings. The molecule has 0 rings (SSSR count).